The molecule has 1 saturated heterocycles. The molecule has 3 aliphatic carbocycles. The first-order valence-electron chi connectivity index (χ1n) is 9.61. The van der Waals surface area contributed by atoms with E-state index in [1.807, 2.05) is 0 Å². The van der Waals surface area contributed by atoms with Crippen molar-refractivity contribution in [3.63, 3.8) is 0 Å². The van der Waals surface area contributed by atoms with Gasteiger partial charge in [0.2, 0.25) is 0 Å². The molecule has 130 valence electrons. The zero-order valence-electron chi connectivity index (χ0n) is 14.4. The van der Waals surface area contributed by atoms with Crippen LogP contribution in [0.15, 0.2) is 0 Å². The Labute approximate surface area is 139 Å². The molecule has 5 nitrogen and oxygen atoms in total. The second-order valence-electron chi connectivity index (χ2n) is 8.05. The van der Waals surface area contributed by atoms with Crippen LogP contribution in [-0.2, 0) is 4.74 Å². The number of nitrogens with zero attached hydrogens (tertiary/aromatic N) is 1. The summed E-state index contributed by atoms with van der Waals surface area (Å²) in [6.45, 7) is 6.06. The normalized spacial score (nSPS) is 35.6. The molecule has 2 N–H and O–H groups in total. The smallest absolute Gasteiger partial charge is 0.315 e. The topological polar surface area (TPSA) is 53.6 Å². The van der Waals surface area contributed by atoms with Gasteiger partial charge in [0.1, 0.15) is 0 Å². The number of urea groups is 1. The first-order valence-corrected chi connectivity index (χ1v) is 9.61. The van der Waals surface area contributed by atoms with Crippen LogP contribution >= 0.6 is 0 Å². The third kappa shape index (κ3) is 2.98. The highest BCUT2D eigenvalue weighted by Crippen LogP contribution is 2.57. The fourth-order valence-electron chi connectivity index (χ4n) is 4.89. The molecule has 2 amide bonds. The van der Waals surface area contributed by atoms with Gasteiger partial charge in [0.25, 0.3) is 0 Å². The minimum atomic E-state index is 0.0288. The number of carbonyl (C=O) groups excluding carboxylic acids is 1. The Morgan fingerprint density at radius 2 is 2.13 bits per heavy atom. The molecule has 23 heavy (non-hydrogen) atoms. The maximum atomic E-state index is 12.2. The van der Waals surface area contributed by atoms with E-state index in [2.05, 4.69) is 22.5 Å². The summed E-state index contributed by atoms with van der Waals surface area (Å²) in [7, 11) is 0. The summed E-state index contributed by atoms with van der Waals surface area (Å²) in [5, 5.41) is 6.34. The van der Waals surface area contributed by atoms with Gasteiger partial charge in [-0.1, -0.05) is 6.42 Å². The van der Waals surface area contributed by atoms with Crippen LogP contribution in [0.3, 0.4) is 0 Å². The SMILES string of the molecule is CCO[C@@H]1C[C@@H](NC(=O)NC[C@H]2CCN(C3CC3)C2)C12CCC2. The van der Waals surface area contributed by atoms with Crippen LogP contribution < -0.4 is 10.6 Å². The van der Waals surface area contributed by atoms with E-state index in [1.165, 1.54) is 51.6 Å². The summed E-state index contributed by atoms with van der Waals surface area (Å²) in [4.78, 5) is 14.8. The number of ether oxygens (including phenoxy) is 1. The van der Waals surface area contributed by atoms with E-state index >= 15 is 0 Å². The second kappa shape index (κ2) is 6.25. The first-order chi connectivity index (χ1) is 11.2. The Bertz CT molecular complexity index is 448. The van der Waals surface area contributed by atoms with E-state index in [-0.39, 0.29) is 11.4 Å². The molecule has 0 aromatic heterocycles. The molecule has 4 fully saturated rings. The van der Waals surface area contributed by atoms with Crippen molar-refractivity contribution in [2.24, 2.45) is 11.3 Å². The Kier molecular flexibility index (Phi) is 4.26. The molecule has 1 aliphatic heterocycles. The third-order valence-electron chi connectivity index (χ3n) is 6.67. The number of nitrogens with one attached hydrogen (secondary N) is 2. The summed E-state index contributed by atoms with van der Waals surface area (Å²) in [5.41, 5.74) is 0.253. The first kappa shape index (κ1) is 15.7. The van der Waals surface area contributed by atoms with Gasteiger partial charge in [-0.15, -0.1) is 0 Å². The minimum Gasteiger partial charge on any atom is -0.378 e. The van der Waals surface area contributed by atoms with Gasteiger partial charge in [0.05, 0.1) is 6.10 Å². The minimum absolute atomic E-state index is 0.0288. The lowest BCUT2D eigenvalue weighted by Crippen LogP contribution is -2.68. The zero-order chi connectivity index (χ0) is 15.9. The van der Waals surface area contributed by atoms with Crippen LogP contribution in [0.2, 0.25) is 0 Å². The largest absolute Gasteiger partial charge is 0.378 e. The number of likely N-dealkylation sites (tertiary alicyclic amines) is 1. The van der Waals surface area contributed by atoms with Crippen molar-refractivity contribution < 1.29 is 9.53 Å². The van der Waals surface area contributed by atoms with Crippen molar-refractivity contribution in [2.45, 2.75) is 70.1 Å². The lowest BCUT2D eigenvalue weighted by molar-refractivity contribution is -0.169. The molecule has 0 aromatic carbocycles. The maximum Gasteiger partial charge on any atom is 0.315 e. The van der Waals surface area contributed by atoms with Gasteiger partial charge in [-0.3, -0.25) is 0 Å². The van der Waals surface area contributed by atoms with Gasteiger partial charge in [-0.2, -0.15) is 0 Å². The van der Waals surface area contributed by atoms with E-state index in [9.17, 15) is 4.79 Å². The molecular formula is C18H31N3O2. The van der Waals surface area contributed by atoms with Crippen LogP contribution in [0, 0.1) is 11.3 Å². The van der Waals surface area contributed by atoms with Crippen molar-refractivity contribution >= 4 is 6.03 Å². The average Bonchev–Trinajstić information content (AvgIpc) is 3.21. The van der Waals surface area contributed by atoms with Crippen LogP contribution in [0.25, 0.3) is 0 Å². The lowest BCUT2D eigenvalue weighted by atomic mass is 9.51. The van der Waals surface area contributed by atoms with E-state index in [0.29, 0.717) is 18.1 Å². The Morgan fingerprint density at radius 3 is 2.78 bits per heavy atom. The number of hydrogen-bond donors (Lipinski definition) is 2. The van der Waals surface area contributed by atoms with Crippen molar-refractivity contribution in [2.75, 3.05) is 26.2 Å². The number of amides is 2. The van der Waals surface area contributed by atoms with Gasteiger partial charge >= 0.3 is 6.03 Å². The van der Waals surface area contributed by atoms with Crippen LogP contribution in [0.4, 0.5) is 4.79 Å². The highest BCUT2D eigenvalue weighted by Gasteiger charge is 2.59. The Balaban J connectivity index is 1.19. The fraction of sp³-hybridized carbons (Fsp3) is 0.944. The highest BCUT2D eigenvalue weighted by atomic mass is 16.5. The molecule has 3 atom stereocenters. The molecule has 0 bridgehead atoms. The highest BCUT2D eigenvalue weighted by molar-refractivity contribution is 5.74. The quantitative estimate of drug-likeness (QED) is 0.788. The molecule has 3 saturated carbocycles. The molecule has 4 rings (SSSR count). The van der Waals surface area contributed by atoms with E-state index < -0.39 is 0 Å². The van der Waals surface area contributed by atoms with Gasteiger partial charge in [-0.05, 0) is 57.9 Å². The maximum absolute atomic E-state index is 12.2. The Hall–Kier alpha value is -0.810. The van der Waals surface area contributed by atoms with E-state index in [4.69, 9.17) is 4.74 Å². The number of rotatable bonds is 6. The molecular weight excluding hydrogens is 290 g/mol. The van der Waals surface area contributed by atoms with Crippen molar-refractivity contribution in [1.29, 1.82) is 0 Å². The van der Waals surface area contributed by atoms with Crippen molar-refractivity contribution in [3.05, 3.63) is 0 Å². The van der Waals surface area contributed by atoms with Crippen molar-refractivity contribution in [3.8, 4) is 0 Å². The average molecular weight is 321 g/mol. The van der Waals surface area contributed by atoms with Gasteiger partial charge < -0.3 is 20.3 Å². The van der Waals surface area contributed by atoms with Crippen LogP contribution in [0.1, 0.15) is 51.9 Å². The van der Waals surface area contributed by atoms with Gasteiger partial charge in [-0.25, -0.2) is 4.79 Å². The summed E-state index contributed by atoms with van der Waals surface area (Å²) in [6.07, 6.45) is 9.05. The summed E-state index contributed by atoms with van der Waals surface area (Å²) >= 11 is 0. The van der Waals surface area contributed by atoms with Gasteiger partial charge in [0, 0.05) is 37.2 Å². The van der Waals surface area contributed by atoms with Crippen LogP contribution in [-0.4, -0.2) is 55.4 Å². The molecule has 1 heterocycles. The summed E-state index contributed by atoms with van der Waals surface area (Å²) in [5.74, 6) is 0.636. The van der Waals surface area contributed by atoms with E-state index in [0.717, 1.165) is 25.6 Å². The molecule has 1 spiro atoms. The fourth-order valence-corrected chi connectivity index (χ4v) is 4.89. The predicted molar refractivity (Wildman–Crippen MR) is 89.3 cm³/mol. The Morgan fingerprint density at radius 1 is 1.30 bits per heavy atom. The summed E-state index contributed by atoms with van der Waals surface area (Å²) in [6, 6.07) is 1.21. The molecule has 0 aromatic rings. The van der Waals surface area contributed by atoms with Crippen LogP contribution in [0.5, 0.6) is 0 Å². The predicted octanol–water partition coefficient (Wildman–Crippen LogP) is 2.12. The lowest BCUT2D eigenvalue weighted by Gasteiger charge is -2.60. The van der Waals surface area contributed by atoms with E-state index in [1.54, 1.807) is 0 Å². The molecule has 0 radical (unpaired) electrons. The summed E-state index contributed by atoms with van der Waals surface area (Å²) < 4.78 is 5.85. The van der Waals surface area contributed by atoms with Gasteiger partial charge in [0.15, 0.2) is 0 Å². The van der Waals surface area contributed by atoms with Crippen molar-refractivity contribution in [1.82, 2.24) is 15.5 Å². The zero-order valence-corrected chi connectivity index (χ0v) is 14.4. The molecule has 4 aliphatic rings. The second-order valence-corrected chi connectivity index (χ2v) is 8.05. The standard InChI is InChI=1S/C18H31N3O2/c1-2-23-16-10-15(18(16)7-3-8-18)20-17(22)19-11-13-6-9-21(12-13)14-4-5-14/h13-16H,2-12H2,1H3,(H2,19,20,22)/t13-,15-,16-/m1/s1. The number of hydrogen-bond acceptors (Lipinski definition) is 3. The third-order valence-corrected chi connectivity index (χ3v) is 6.67. The molecule has 5 heteroatoms. The molecule has 0 unspecified atom stereocenters. The number of carbonyl (C=O) groups is 1. The monoisotopic (exact) mass is 321 g/mol.